The molecule has 0 aliphatic carbocycles. The van der Waals surface area contributed by atoms with Crippen LogP contribution in [0.4, 0.5) is 0 Å². The fourth-order valence-electron chi connectivity index (χ4n) is 5.55. The summed E-state index contributed by atoms with van der Waals surface area (Å²) in [4.78, 5) is 42.9. The predicted molar refractivity (Wildman–Crippen MR) is 167 cm³/mol. The van der Waals surface area contributed by atoms with E-state index in [1.807, 2.05) is 75.4 Å². The molecule has 42 heavy (non-hydrogen) atoms. The van der Waals surface area contributed by atoms with Gasteiger partial charge >= 0.3 is 0 Å². The van der Waals surface area contributed by atoms with Crippen molar-refractivity contribution in [1.29, 1.82) is 0 Å². The molecule has 1 aliphatic heterocycles. The van der Waals surface area contributed by atoms with Gasteiger partial charge in [-0.1, -0.05) is 68.8 Å². The van der Waals surface area contributed by atoms with Crippen molar-refractivity contribution in [3.63, 3.8) is 0 Å². The SMILES string of the molecule is CC1C=C(C(=O)C(C)C(C)Cc2[nH]nc3ccc(Cl)cc23)N=CC(=O)C1CCc1ccc(Cn2ccccc2=O)cc1. The first-order chi connectivity index (χ1) is 20.2. The second kappa shape index (κ2) is 12.8. The molecule has 0 fully saturated rings. The topological polar surface area (TPSA) is 97.2 Å². The lowest BCUT2D eigenvalue weighted by molar-refractivity contribution is -0.120. The Morgan fingerprint density at radius 2 is 1.81 bits per heavy atom. The van der Waals surface area contributed by atoms with Crippen LogP contribution in [0.25, 0.3) is 10.9 Å². The van der Waals surface area contributed by atoms with Crippen molar-refractivity contribution in [2.45, 2.75) is 46.6 Å². The van der Waals surface area contributed by atoms with E-state index >= 15 is 0 Å². The first-order valence-electron chi connectivity index (χ1n) is 14.4. The Morgan fingerprint density at radius 3 is 2.57 bits per heavy atom. The number of halogens is 1. The number of ketones is 2. The summed E-state index contributed by atoms with van der Waals surface area (Å²) in [6.07, 6.45) is 7.00. The predicted octanol–water partition coefficient (Wildman–Crippen LogP) is 6.23. The van der Waals surface area contributed by atoms with Crippen LogP contribution in [0.15, 0.2) is 88.4 Å². The lowest BCUT2D eigenvalue weighted by Crippen LogP contribution is -2.23. The van der Waals surface area contributed by atoms with Gasteiger partial charge in [0.15, 0.2) is 11.6 Å². The third-order valence-electron chi connectivity index (χ3n) is 8.41. The second-order valence-electron chi connectivity index (χ2n) is 11.4. The monoisotopic (exact) mass is 582 g/mol. The van der Waals surface area contributed by atoms with Gasteiger partial charge in [-0.25, -0.2) is 4.99 Å². The van der Waals surface area contributed by atoms with Gasteiger partial charge in [-0.05, 0) is 66.5 Å². The van der Waals surface area contributed by atoms with Crippen LogP contribution in [0.5, 0.6) is 0 Å². The fourth-order valence-corrected chi connectivity index (χ4v) is 5.72. The normalized spacial score (nSPS) is 18.5. The number of rotatable bonds is 10. The molecule has 1 N–H and O–H groups in total. The fraction of sp³-hybridized carbons (Fsp3) is 0.324. The Hall–Kier alpha value is -4.10. The van der Waals surface area contributed by atoms with Crippen molar-refractivity contribution >= 4 is 40.3 Å². The number of hydrogen-bond donors (Lipinski definition) is 1. The van der Waals surface area contributed by atoms with Crippen molar-refractivity contribution in [3.8, 4) is 0 Å². The Morgan fingerprint density at radius 1 is 1.05 bits per heavy atom. The summed E-state index contributed by atoms with van der Waals surface area (Å²) >= 11 is 6.19. The molecule has 1 aliphatic rings. The number of allylic oxidation sites excluding steroid dienone is 2. The molecule has 4 unspecified atom stereocenters. The molecular weight excluding hydrogens is 548 g/mol. The van der Waals surface area contributed by atoms with E-state index in [4.69, 9.17) is 11.6 Å². The number of aromatic amines is 1. The van der Waals surface area contributed by atoms with E-state index in [0.29, 0.717) is 30.1 Å². The molecule has 0 saturated heterocycles. The van der Waals surface area contributed by atoms with Gasteiger partial charge in [-0.2, -0.15) is 5.10 Å². The molecule has 4 aromatic rings. The van der Waals surface area contributed by atoms with E-state index in [1.54, 1.807) is 22.9 Å². The van der Waals surface area contributed by atoms with Crippen LogP contribution in [0.3, 0.4) is 0 Å². The molecule has 2 aromatic heterocycles. The van der Waals surface area contributed by atoms with E-state index in [2.05, 4.69) is 15.2 Å². The molecule has 0 amide bonds. The number of aliphatic imine (C=N–C) groups is 1. The number of carbonyl (C=O) groups excluding carboxylic acids is 2. The molecule has 5 rings (SSSR count). The minimum absolute atomic E-state index is 0.0183. The van der Waals surface area contributed by atoms with Crippen LogP contribution in [0, 0.1) is 23.7 Å². The lowest BCUT2D eigenvalue weighted by atomic mass is 9.83. The molecule has 7 nitrogen and oxygen atoms in total. The number of fused-ring (bicyclic) bond motifs is 1. The average Bonchev–Trinajstić information content (AvgIpc) is 3.30. The lowest BCUT2D eigenvalue weighted by Gasteiger charge is -2.20. The first kappa shape index (κ1) is 29.4. The number of carbonyl (C=O) groups is 2. The maximum Gasteiger partial charge on any atom is 0.250 e. The van der Waals surface area contributed by atoms with Gasteiger partial charge < -0.3 is 4.57 Å². The van der Waals surface area contributed by atoms with Crippen molar-refractivity contribution in [2.24, 2.45) is 28.7 Å². The minimum Gasteiger partial charge on any atom is -0.311 e. The summed E-state index contributed by atoms with van der Waals surface area (Å²) in [5, 5.41) is 9.06. The molecule has 2 aromatic carbocycles. The van der Waals surface area contributed by atoms with E-state index in [0.717, 1.165) is 34.1 Å². The van der Waals surface area contributed by atoms with Gasteiger partial charge in [0.05, 0.1) is 18.3 Å². The van der Waals surface area contributed by atoms with Crippen molar-refractivity contribution < 1.29 is 9.59 Å². The highest BCUT2D eigenvalue weighted by Gasteiger charge is 2.30. The number of H-pyrrole nitrogens is 1. The van der Waals surface area contributed by atoms with E-state index in [1.165, 1.54) is 6.21 Å². The van der Waals surface area contributed by atoms with Crippen molar-refractivity contribution in [3.05, 3.63) is 111 Å². The highest BCUT2D eigenvalue weighted by Crippen LogP contribution is 2.29. The van der Waals surface area contributed by atoms with Crippen LogP contribution < -0.4 is 5.56 Å². The number of Topliss-reactive ketones (excluding diaryl/α,β-unsaturated/α-hetero) is 2. The number of aromatic nitrogens is 3. The standard InChI is InChI=1S/C34H35ClN4O3/c1-21(16-30-28-18-26(35)12-14-29(28)37-38-30)23(3)34(42)31-17-22(2)27(32(40)19-36-31)13-11-24-7-9-25(10-8-24)20-39-15-5-4-6-33(39)41/h4-10,12,14-15,17-19,21-23,27H,11,13,16,20H2,1-3H3,(H,37,38). The molecule has 0 radical (unpaired) electrons. The Bertz CT molecular complexity index is 1720. The summed E-state index contributed by atoms with van der Waals surface area (Å²) in [6, 6.07) is 18.9. The molecule has 0 spiro atoms. The van der Waals surface area contributed by atoms with Gasteiger partial charge in [0, 0.05) is 40.2 Å². The zero-order valence-corrected chi connectivity index (χ0v) is 24.8. The molecule has 0 bridgehead atoms. The molecule has 8 heteroatoms. The average molecular weight is 583 g/mol. The quantitative estimate of drug-likeness (QED) is 0.240. The molecule has 0 saturated carbocycles. The first-order valence-corrected chi connectivity index (χ1v) is 14.8. The summed E-state index contributed by atoms with van der Waals surface area (Å²) in [5.74, 6) is -0.767. The summed E-state index contributed by atoms with van der Waals surface area (Å²) in [7, 11) is 0. The largest absolute Gasteiger partial charge is 0.311 e. The van der Waals surface area contributed by atoms with Crippen LogP contribution in [-0.2, 0) is 29.0 Å². The van der Waals surface area contributed by atoms with Gasteiger partial charge in [0.2, 0.25) is 0 Å². The van der Waals surface area contributed by atoms with Gasteiger partial charge in [-0.15, -0.1) is 0 Å². The van der Waals surface area contributed by atoms with Gasteiger partial charge in [-0.3, -0.25) is 19.5 Å². The van der Waals surface area contributed by atoms with E-state index in [-0.39, 0.29) is 40.8 Å². The maximum atomic E-state index is 13.5. The van der Waals surface area contributed by atoms with E-state index < -0.39 is 0 Å². The third kappa shape index (κ3) is 6.68. The van der Waals surface area contributed by atoms with Gasteiger partial charge in [0.25, 0.3) is 5.56 Å². The van der Waals surface area contributed by atoms with Crippen LogP contribution in [-0.4, -0.2) is 32.5 Å². The molecule has 3 heterocycles. The van der Waals surface area contributed by atoms with Crippen LogP contribution in [0.2, 0.25) is 5.02 Å². The molecule has 216 valence electrons. The Labute approximate surface area is 250 Å². The minimum atomic E-state index is -0.296. The molecular formula is C34H35ClN4O3. The number of aryl methyl sites for hydroxylation is 1. The number of benzene rings is 2. The van der Waals surface area contributed by atoms with Crippen molar-refractivity contribution in [1.82, 2.24) is 14.8 Å². The highest BCUT2D eigenvalue weighted by molar-refractivity contribution is 6.31. The second-order valence-corrected chi connectivity index (χ2v) is 11.8. The van der Waals surface area contributed by atoms with Crippen LogP contribution >= 0.6 is 11.6 Å². The number of hydrogen-bond acceptors (Lipinski definition) is 5. The Balaban J connectivity index is 1.20. The van der Waals surface area contributed by atoms with E-state index in [9.17, 15) is 14.4 Å². The zero-order valence-electron chi connectivity index (χ0n) is 24.1. The molecule has 4 atom stereocenters. The maximum absolute atomic E-state index is 13.5. The summed E-state index contributed by atoms with van der Waals surface area (Å²) in [5.41, 5.74) is 4.28. The number of pyridine rings is 1. The smallest absolute Gasteiger partial charge is 0.250 e. The number of nitrogens with zero attached hydrogens (tertiary/aromatic N) is 3. The summed E-state index contributed by atoms with van der Waals surface area (Å²) in [6.45, 7) is 6.46. The summed E-state index contributed by atoms with van der Waals surface area (Å²) < 4.78 is 1.67. The highest BCUT2D eigenvalue weighted by atomic mass is 35.5. The Kier molecular flexibility index (Phi) is 8.97. The zero-order chi connectivity index (χ0) is 29.8. The third-order valence-corrected chi connectivity index (χ3v) is 8.65. The van der Waals surface area contributed by atoms with Crippen molar-refractivity contribution in [2.75, 3.05) is 0 Å². The van der Waals surface area contributed by atoms with Crippen LogP contribution in [0.1, 0.15) is 44.0 Å². The van der Waals surface area contributed by atoms with Gasteiger partial charge in [0.1, 0.15) is 5.70 Å². The number of nitrogens with one attached hydrogen (secondary N) is 1.